The minimum absolute atomic E-state index is 0.377. The molecule has 2 N–H and O–H groups in total. The van der Waals surface area contributed by atoms with Crippen molar-refractivity contribution in [2.45, 2.75) is 6.54 Å². The number of hydrogen-bond donors (Lipinski definition) is 2. The normalized spacial score (nSPS) is 10.1. The summed E-state index contributed by atoms with van der Waals surface area (Å²) in [6.45, 7) is 0.377. The molecular formula is C11H13N5O2. The molecule has 0 aliphatic rings. The first kappa shape index (κ1) is 12.1. The minimum Gasteiger partial charge on any atom is -0.332 e. The molecule has 18 heavy (non-hydrogen) atoms. The van der Waals surface area contributed by atoms with Gasteiger partial charge in [-0.05, 0) is 17.7 Å². The molecule has 0 fully saturated rings. The molecule has 7 nitrogen and oxygen atoms in total. The molecule has 0 aliphatic heterocycles. The summed E-state index contributed by atoms with van der Waals surface area (Å²) >= 11 is 0. The van der Waals surface area contributed by atoms with Crippen molar-refractivity contribution < 1.29 is 9.63 Å². The molecule has 2 aromatic rings. The second-order valence-electron chi connectivity index (χ2n) is 3.46. The van der Waals surface area contributed by atoms with Crippen LogP contribution < -0.4 is 10.8 Å². The monoisotopic (exact) mass is 247 g/mol. The Bertz CT molecular complexity index is 495. The quantitative estimate of drug-likeness (QED) is 0.776. The average molecular weight is 247 g/mol. The van der Waals surface area contributed by atoms with Gasteiger partial charge in [0.1, 0.15) is 0 Å². The lowest BCUT2D eigenvalue weighted by Gasteiger charge is -2.06. The summed E-state index contributed by atoms with van der Waals surface area (Å²) in [5, 5.41) is 6.69. The van der Waals surface area contributed by atoms with Gasteiger partial charge >= 0.3 is 6.03 Å². The van der Waals surface area contributed by atoms with Crippen molar-refractivity contribution in [3.63, 3.8) is 0 Å². The maximum atomic E-state index is 11.1. The Morgan fingerprint density at radius 2 is 2.39 bits per heavy atom. The van der Waals surface area contributed by atoms with Crippen molar-refractivity contribution in [2.24, 2.45) is 0 Å². The molecule has 2 rings (SSSR count). The van der Waals surface area contributed by atoms with Crippen LogP contribution in [0.1, 0.15) is 5.56 Å². The van der Waals surface area contributed by atoms with E-state index >= 15 is 0 Å². The molecule has 0 atom stereocenters. The van der Waals surface area contributed by atoms with E-state index in [4.69, 9.17) is 0 Å². The van der Waals surface area contributed by atoms with Crippen LogP contribution >= 0.6 is 0 Å². The maximum Gasteiger partial charge on any atom is 0.338 e. The second kappa shape index (κ2) is 5.78. The summed E-state index contributed by atoms with van der Waals surface area (Å²) < 4.78 is 1.66. The van der Waals surface area contributed by atoms with E-state index in [1.807, 2.05) is 24.4 Å². The van der Waals surface area contributed by atoms with Crippen molar-refractivity contribution in [2.75, 3.05) is 7.11 Å². The topological polar surface area (TPSA) is 81.1 Å². The summed E-state index contributed by atoms with van der Waals surface area (Å²) in [5.41, 5.74) is 3.05. The van der Waals surface area contributed by atoms with Crippen LogP contribution in [0.3, 0.4) is 0 Å². The van der Waals surface area contributed by atoms with Gasteiger partial charge in [-0.3, -0.25) is 4.84 Å². The van der Waals surface area contributed by atoms with Crippen molar-refractivity contribution in [3.05, 3.63) is 42.4 Å². The molecule has 94 valence electrons. The van der Waals surface area contributed by atoms with E-state index in [-0.39, 0.29) is 0 Å². The molecule has 0 saturated carbocycles. The van der Waals surface area contributed by atoms with Gasteiger partial charge in [-0.1, -0.05) is 6.07 Å². The molecule has 0 unspecified atom stereocenters. The highest BCUT2D eigenvalue weighted by molar-refractivity contribution is 5.72. The van der Waals surface area contributed by atoms with Gasteiger partial charge in [-0.2, -0.15) is 5.10 Å². The van der Waals surface area contributed by atoms with Crippen LogP contribution in [0.4, 0.5) is 4.79 Å². The fourth-order valence-electron chi connectivity index (χ4n) is 1.37. The van der Waals surface area contributed by atoms with Gasteiger partial charge in [0.25, 0.3) is 0 Å². The van der Waals surface area contributed by atoms with Crippen LogP contribution in [0.2, 0.25) is 0 Å². The van der Waals surface area contributed by atoms with Gasteiger partial charge in [-0.25, -0.2) is 19.9 Å². The van der Waals surface area contributed by atoms with Gasteiger partial charge in [-0.15, -0.1) is 0 Å². The van der Waals surface area contributed by atoms with Crippen LogP contribution in [0.25, 0.3) is 5.82 Å². The zero-order chi connectivity index (χ0) is 12.8. The predicted octanol–water partition coefficient (Wildman–Crippen LogP) is 0.628. The highest BCUT2D eigenvalue weighted by Crippen LogP contribution is 2.04. The predicted molar refractivity (Wildman–Crippen MR) is 63.7 cm³/mol. The summed E-state index contributed by atoms with van der Waals surface area (Å²) in [6.07, 6.45) is 5.18. The number of nitrogens with one attached hydrogen (secondary N) is 2. The fourth-order valence-corrected chi connectivity index (χ4v) is 1.37. The van der Waals surface area contributed by atoms with Crippen LogP contribution in [0.15, 0.2) is 36.8 Å². The molecule has 0 saturated heterocycles. The smallest absolute Gasteiger partial charge is 0.332 e. The van der Waals surface area contributed by atoms with E-state index in [0.29, 0.717) is 6.54 Å². The molecule has 2 aromatic heterocycles. The molecule has 7 heteroatoms. The van der Waals surface area contributed by atoms with E-state index in [0.717, 1.165) is 11.4 Å². The molecule has 0 radical (unpaired) electrons. The largest absolute Gasteiger partial charge is 0.338 e. The molecular weight excluding hydrogens is 234 g/mol. The van der Waals surface area contributed by atoms with Crippen LogP contribution in [-0.4, -0.2) is 27.9 Å². The van der Waals surface area contributed by atoms with E-state index < -0.39 is 6.03 Å². The second-order valence-corrected chi connectivity index (χ2v) is 3.46. The van der Waals surface area contributed by atoms with E-state index in [1.54, 1.807) is 17.1 Å². The van der Waals surface area contributed by atoms with Gasteiger partial charge in [0, 0.05) is 25.1 Å². The molecule has 0 bridgehead atoms. The number of hydrogen-bond acceptors (Lipinski definition) is 4. The number of amides is 2. The number of carbonyl (C=O) groups excluding carboxylic acids is 1. The third-order valence-electron chi connectivity index (χ3n) is 2.20. The molecule has 0 spiro atoms. The number of urea groups is 1. The van der Waals surface area contributed by atoms with E-state index in [1.165, 1.54) is 7.11 Å². The summed E-state index contributed by atoms with van der Waals surface area (Å²) in [5.74, 6) is 0.727. The lowest BCUT2D eigenvalue weighted by Crippen LogP contribution is -2.34. The SMILES string of the molecule is CONC(=O)NCc1ccc(-n2cccn2)nc1. The van der Waals surface area contributed by atoms with Crippen molar-refractivity contribution >= 4 is 6.03 Å². The molecule has 0 aliphatic carbocycles. The zero-order valence-electron chi connectivity index (χ0n) is 9.83. The van der Waals surface area contributed by atoms with Crippen LogP contribution in [0, 0.1) is 0 Å². The Morgan fingerprint density at radius 3 is 3.00 bits per heavy atom. The first-order valence-corrected chi connectivity index (χ1v) is 5.31. The summed E-state index contributed by atoms with van der Waals surface area (Å²) in [4.78, 5) is 19.8. The number of aromatic nitrogens is 3. The van der Waals surface area contributed by atoms with Crippen molar-refractivity contribution in [1.82, 2.24) is 25.6 Å². The van der Waals surface area contributed by atoms with Gasteiger partial charge in [0.15, 0.2) is 5.82 Å². The average Bonchev–Trinajstić information content (AvgIpc) is 2.91. The Hall–Kier alpha value is -2.41. The van der Waals surface area contributed by atoms with Crippen molar-refractivity contribution in [1.29, 1.82) is 0 Å². The highest BCUT2D eigenvalue weighted by atomic mass is 16.6. The molecule has 2 heterocycles. The van der Waals surface area contributed by atoms with Gasteiger partial charge < -0.3 is 5.32 Å². The van der Waals surface area contributed by atoms with E-state index in [9.17, 15) is 4.79 Å². The van der Waals surface area contributed by atoms with Gasteiger partial charge in [0.05, 0.1) is 7.11 Å². The Morgan fingerprint density at radius 1 is 1.50 bits per heavy atom. The standard InChI is InChI=1S/C11H13N5O2/c1-18-15-11(17)13-8-9-3-4-10(12-7-9)16-6-2-5-14-16/h2-7H,8H2,1H3,(H2,13,15,17). The number of rotatable bonds is 4. The van der Waals surface area contributed by atoms with Gasteiger partial charge in [0.2, 0.25) is 0 Å². The number of hydroxylamine groups is 1. The highest BCUT2D eigenvalue weighted by Gasteiger charge is 2.01. The first-order chi connectivity index (χ1) is 8.79. The third kappa shape index (κ3) is 3.05. The molecule has 2 amide bonds. The Balaban J connectivity index is 1.94. The maximum absolute atomic E-state index is 11.1. The summed E-state index contributed by atoms with van der Waals surface area (Å²) in [7, 11) is 1.38. The first-order valence-electron chi connectivity index (χ1n) is 5.31. The number of nitrogens with zero attached hydrogens (tertiary/aromatic N) is 3. The zero-order valence-corrected chi connectivity index (χ0v) is 9.83. The number of carbonyl (C=O) groups is 1. The van der Waals surface area contributed by atoms with E-state index in [2.05, 4.69) is 25.7 Å². The Labute approximate surface area is 104 Å². The Kier molecular flexibility index (Phi) is 3.87. The third-order valence-corrected chi connectivity index (χ3v) is 2.20. The van der Waals surface area contributed by atoms with Crippen LogP contribution in [-0.2, 0) is 11.4 Å². The summed E-state index contributed by atoms with van der Waals surface area (Å²) in [6, 6.07) is 5.13. The fraction of sp³-hybridized carbons (Fsp3) is 0.182. The van der Waals surface area contributed by atoms with Crippen molar-refractivity contribution in [3.8, 4) is 5.82 Å². The van der Waals surface area contributed by atoms with Crippen LogP contribution in [0.5, 0.6) is 0 Å². The lowest BCUT2D eigenvalue weighted by molar-refractivity contribution is 0.107. The lowest BCUT2D eigenvalue weighted by atomic mass is 10.3. The number of pyridine rings is 1. The molecule has 0 aromatic carbocycles. The minimum atomic E-state index is -0.395.